The summed E-state index contributed by atoms with van der Waals surface area (Å²) in [5, 5.41) is 9.51. The summed E-state index contributed by atoms with van der Waals surface area (Å²) in [6.45, 7) is 3.50. The first-order chi connectivity index (χ1) is 11.6. The van der Waals surface area contributed by atoms with Gasteiger partial charge in [-0.15, -0.1) is 11.8 Å². The summed E-state index contributed by atoms with van der Waals surface area (Å²) in [5.41, 5.74) is 5.44. The number of likely N-dealkylation sites (N-methyl/N-ethyl adjacent to an activating group) is 1. The highest BCUT2D eigenvalue weighted by Gasteiger charge is 2.17. The van der Waals surface area contributed by atoms with E-state index in [0.717, 1.165) is 18.7 Å². The molecule has 24 heavy (non-hydrogen) atoms. The van der Waals surface area contributed by atoms with Gasteiger partial charge in [0.2, 0.25) is 0 Å². The second kappa shape index (κ2) is 8.02. The lowest BCUT2D eigenvalue weighted by molar-refractivity contribution is 0.142. The van der Waals surface area contributed by atoms with Crippen molar-refractivity contribution in [3.8, 4) is 0 Å². The molecule has 0 amide bonds. The molecule has 0 fully saturated rings. The van der Waals surface area contributed by atoms with Gasteiger partial charge in [-0.2, -0.15) is 0 Å². The van der Waals surface area contributed by atoms with E-state index >= 15 is 0 Å². The molecule has 3 rings (SSSR count). The Kier molecular flexibility index (Phi) is 5.77. The summed E-state index contributed by atoms with van der Waals surface area (Å²) in [5.74, 6) is 1.02. The average Bonchev–Trinajstić information content (AvgIpc) is 2.72. The van der Waals surface area contributed by atoms with E-state index in [2.05, 4.69) is 66.6 Å². The lowest BCUT2D eigenvalue weighted by Crippen LogP contribution is -2.27. The molecule has 0 saturated heterocycles. The summed E-state index contributed by atoms with van der Waals surface area (Å²) in [7, 11) is 2.07. The van der Waals surface area contributed by atoms with Crippen LogP contribution in [0.15, 0.2) is 59.5 Å². The number of thioether (sulfide) groups is 1. The number of hydrogen-bond acceptors (Lipinski definition) is 3. The van der Waals surface area contributed by atoms with Crippen LogP contribution < -0.4 is 0 Å². The molecule has 2 nitrogen and oxygen atoms in total. The fraction of sp³-hybridized carbons (Fsp3) is 0.333. The molecule has 2 aromatic carbocycles. The van der Waals surface area contributed by atoms with Gasteiger partial charge in [-0.05, 0) is 48.7 Å². The van der Waals surface area contributed by atoms with Crippen LogP contribution in [-0.2, 0) is 5.75 Å². The number of fused-ring (bicyclic) bond motifs is 2. The first-order valence-corrected chi connectivity index (χ1v) is 9.51. The molecule has 0 aliphatic carbocycles. The molecule has 0 saturated carbocycles. The van der Waals surface area contributed by atoms with Crippen LogP contribution in [0.1, 0.15) is 30.0 Å². The third kappa shape index (κ3) is 4.10. The van der Waals surface area contributed by atoms with Crippen LogP contribution in [0.2, 0.25) is 0 Å². The van der Waals surface area contributed by atoms with Crippen molar-refractivity contribution in [3.63, 3.8) is 0 Å². The lowest BCUT2D eigenvalue weighted by Gasteiger charge is -2.18. The van der Waals surface area contributed by atoms with Crippen molar-refractivity contribution < 1.29 is 5.11 Å². The average molecular weight is 340 g/mol. The molecule has 0 unspecified atom stereocenters. The zero-order valence-corrected chi connectivity index (χ0v) is 15.2. The van der Waals surface area contributed by atoms with Crippen LogP contribution in [-0.4, -0.2) is 36.2 Å². The van der Waals surface area contributed by atoms with Crippen molar-refractivity contribution in [2.45, 2.75) is 30.1 Å². The molecule has 1 atom stereocenters. The van der Waals surface area contributed by atoms with Crippen molar-refractivity contribution in [2.75, 3.05) is 20.1 Å². The normalized spacial score (nSPS) is 16.6. The minimum atomic E-state index is -0.279. The fourth-order valence-electron chi connectivity index (χ4n) is 3.22. The molecule has 0 spiro atoms. The van der Waals surface area contributed by atoms with E-state index in [-0.39, 0.29) is 6.10 Å². The number of hydrogen-bond donors (Lipinski definition) is 1. The van der Waals surface area contributed by atoms with Gasteiger partial charge in [0.1, 0.15) is 0 Å². The van der Waals surface area contributed by atoms with Crippen LogP contribution in [0.4, 0.5) is 0 Å². The molecule has 0 bridgehead atoms. The van der Waals surface area contributed by atoms with E-state index in [1.165, 1.54) is 27.2 Å². The molecule has 1 aliphatic heterocycles. The Hall–Kier alpha value is -1.55. The quantitative estimate of drug-likeness (QED) is 0.872. The topological polar surface area (TPSA) is 23.5 Å². The highest BCUT2D eigenvalue weighted by Crippen LogP contribution is 2.39. The summed E-state index contributed by atoms with van der Waals surface area (Å²) in [6.07, 6.45) is 3.06. The monoisotopic (exact) mass is 339 g/mol. The second-order valence-corrected chi connectivity index (χ2v) is 7.48. The first-order valence-electron chi connectivity index (χ1n) is 8.52. The van der Waals surface area contributed by atoms with E-state index in [1.54, 1.807) is 0 Å². The maximum absolute atomic E-state index is 9.51. The Balaban J connectivity index is 1.89. The smallest absolute Gasteiger partial charge is 0.0638 e. The van der Waals surface area contributed by atoms with Gasteiger partial charge in [-0.25, -0.2) is 0 Å². The minimum Gasteiger partial charge on any atom is -0.392 e. The maximum atomic E-state index is 9.51. The van der Waals surface area contributed by atoms with Crippen LogP contribution in [0, 0.1) is 0 Å². The molecule has 1 aliphatic rings. The molecule has 0 aromatic heterocycles. The Morgan fingerprint density at radius 2 is 1.83 bits per heavy atom. The van der Waals surface area contributed by atoms with Crippen LogP contribution in [0.3, 0.4) is 0 Å². The minimum absolute atomic E-state index is 0.279. The third-order valence-corrected chi connectivity index (χ3v) is 5.43. The van der Waals surface area contributed by atoms with Gasteiger partial charge in [0.05, 0.1) is 6.10 Å². The predicted octanol–water partition coefficient (Wildman–Crippen LogP) is 4.43. The number of rotatable bonds is 5. The Labute approximate surface area is 149 Å². The Bertz CT molecular complexity index is 674. The summed E-state index contributed by atoms with van der Waals surface area (Å²) in [4.78, 5) is 3.54. The van der Waals surface area contributed by atoms with Gasteiger partial charge < -0.3 is 10.0 Å². The van der Waals surface area contributed by atoms with Crippen LogP contribution in [0.5, 0.6) is 0 Å². The first kappa shape index (κ1) is 17.3. The molecule has 2 aromatic rings. The van der Waals surface area contributed by atoms with Gasteiger partial charge in [-0.1, -0.05) is 48.5 Å². The Morgan fingerprint density at radius 3 is 2.62 bits per heavy atom. The number of nitrogens with zero attached hydrogens (tertiary/aromatic N) is 1. The van der Waals surface area contributed by atoms with E-state index in [0.29, 0.717) is 6.54 Å². The van der Waals surface area contributed by atoms with Gasteiger partial charge in [0.15, 0.2) is 0 Å². The molecule has 3 heteroatoms. The SMILES string of the molecule is C[C@@H](O)CN(C)CC/C=C1\c2ccccc2CSc2ccccc21. The molecule has 126 valence electrons. The number of aliphatic hydroxyl groups is 1. The molecule has 0 radical (unpaired) electrons. The van der Waals surface area contributed by atoms with Gasteiger partial charge in [0.25, 0.3) is 0 Å². The summed E-state index contributed by atoms with van der Waals surface area (Å²) in [6, 6.07) is 17.4. The second-order valence-electron chi connectivity index (χ2n) is 6.46. The predicted molar refractivity (Wildman–Crippen MR) is 103 cm³/mol. The maximum Gasteiger partial charge on any atom is 0.0638 e. The zero-order chi connectivity index (χ0) is 16.9. The summed E-state index contributed by atoms with van der Waals surface area (Å²) >= 11 is 1.92. The van der Waals surface area contributed by atoms with Gasteiger partial charge >= 0.3 is 0 Å². The number of benzene rings is 2. The highest BCUT2D eigenvalue weighted by atomic mass is 32.2. The van der Waals surface area contributed by atoms with Crippen molar-refractivity contribution in [2.24, 2.45) is 0 Å². The highest BCUT2D eigenvalue weighted by molar-refractivity contribution is 7.98. The largest absolute Gasteiger partial charge is 0.392 e. The van der Waals surface area contributed by atoms with Gasteiger partial charge in [-0.3, -0.25) is 0 Å². The molecular weight excluding hydrogens is 314 g/mol. The lowest BCUT2D eigenvalue weighted by atomic mass is 9.93. The molecule has 1 N–H and O–H groups in total. The molecular formula is C21H25NOS. The van der Waals surface area contributed by atoms with E-state index in [4.69, 9.17) is 0 Å². The van der Waals surface area contributed by atoms with E-state index in [9.17, 15) is 5.11 Å². The van der Waals surface area contributed by atoms with Crippen LogP contribution in [0.25, 0.3) is 5.57 Å². The van der Waals surface area contributed by atoms with E-state index < -0.39 is 0 Å². The fourth-order valence-corrected chi connectivity index (χ4v) is 4.29. The molecule has 1 heterocycles. The van der Waals surface area contributed by atoms with Crippen molar-refractivity contribution in [3.05, 3.63) is 71.3 Å². The van der Waals surface area contributed by atoms with Crippen molar-refractivity contribution >= 4 is 17.3 Å². The zero-order valence-electron chi connectivity index (χ0n) is 14.4. The summed E-state index contributed by atoms with van der Waals surface area (Å²) < 4.78 is 0. The van der Waals surface area contributed by atoms with Gasteiger partial charge in [0, 0.05) is 23.7 Å². The van der Waals surface area contributed by atoms with Crippen molar-refractivity contribution in [1.82, 2.24) is 4.90 Å². The van der Waals surface area contributed by atoms with E-state index in [1.807, 2.05) is 18.7 Å². The standard InChI is InChI=1S/C21H25NOS/c1-16(23)14-22(2)13-7-11-19-18-9-4-3-8-17(18)15-24-21-12-6-5-10-20(19)21/h3-6,8-12,16,23H,7,13-15H2,1-2H3/b19-11+/t16-/m1/s1. The number of aliphatic hydroxyl groups excluding tert-OH is 1. The van der Waals surface area contributed by atoms with Crippen molar-refractivity contribution in [1.29, 1.82) is 0 Å². The third-order valence-electron chi connectivity index (χ3n) is 4.30. The van der Waals surface area contributed by atoms with Crippen LogP contribution >= 0.6 is 11.8 Å². The Morgan fingerprint density at radius 1 is 1.12 bits per heavy atom.